The third kappa shape index (κ3) is 3.98. The highest BCUT2D eigenvalue weighted by Crippen LogP contribution is 2.31. The Kier molecular flexibility index (Phi) is 5.07. The van der Waals surface area contributed by atoms with Crippen molar-refractivity contribution in [3.05, 3.63) is 83.9 Å². The Bertz CT molecular complexity index is 1010. The lowest BCUT2D eigenvalue weighted by Crippen LogP contribution is -2.08. The van der Waals surface area contributed by atoms with Crippen molar-refractivity contribution in [2.45, 2.75) is 17.8 Å². The van der Waals surface area contributed by atoms with Crippen LogP contribution in [0.25, 0.3) is 21.3 Å². The Hall–Kier alpha value is -2.14. The first-order valence-electron chi connectivity index (χ1n) is 8.58. The first-order valence-corrected chi connectivity index (χ1v) is 10.2. The molecule has 26 heavy (non-hydrogen) atoms. The third-order valence-corrected chi connectivity index (χ3v) is 6.18. The smallest absolute Gasteiger partial charge is 0.166 e. The van der Waals surface area contributed by atoms with Gasteiger partial charge in [-0.3, -0.25) is 0 Å². The Morgan fingerprint density at radius 2 is 1.69 bits per heavy atom. The van der Waals surface area contributed by atoms with E-state index in [9.17, 15) is 0 Å². The van der Waals surface area contributed by atoms with Crippen LogP contribution in [-0.2, 0) is 6.54 Å². The molecule has 0 fully saturated rings. The van der Waals surface area contributed by atoms with Crippen molar-refractivity contribution in [1.29, 1.82) is 0 Å². The minimum atomic E-state index is 0.875. The monoisotopic (exact) mass is 376 g/mol. The molecule has 0 saturated heterocycles. The lowest BCUT2D eigenvalue weighted by molar-refractivity contribution is 0.564. The second kappa shape index (κ2) is 7.62. The molecule has 0 N–H and O–H groups in total. The number of aromatic nitrogens is 1. The van der Waals surface area contributed by atoms with Gasteiger partial charge in [0.15, 0.2) is 4.34 Å². The number of fused-ring (bicyclic) bond motifs is 1. The molecule has 1 heterocycles. The first-order chi connectivity index (χ1) is 12.7. The Labute approximate surface area is 162 Å². The minimum absolute atomic E-state index is 0.875. The molecule has 1 aromatic heterocycles. The largest absolute Gasteiger partial charge is 0.243 e. The fourth-order valence-electron chi connectivity index (χ4n) is 2.99. The number of hydrogen-bond donors (Lipinski definition) is 0. The van der Waals surface area contributed by atoms with Crippen LogP contribution < -0.4 is 0 Å². The zero-order chi connectivity index (χ0) is 17.9. The second-order valence-electron chi connectivity index (χ2n) is 6.39. The van der Waals surface area contributed by atoms with Crippen LogP contribution in [0.15, 0.2) is 77.1 Å². The molecule has 0 aliphatic rings. The van der Waals surface area contributed by atoms with Crippen LogP contribution in [-0.4, -0.2) is 16.3 Å². The maximum atomic E-state index is 4.71. The SMILES string of the molecule is Cc1cccc(-c2cccc(CN(C)Sc3nc4ccccc4s3)c2)c1. The van der Waals surface area contributed by atoms with Crippen LogP contribution in [0.5, 0.6) is 0 Å². The summed E-state index contributed by atoms with van der Waals surface area (Å²) in [5.41, 5.74) is 6.21. The van der Waals surface area contributed by atoms with Gasteiger partial charge in [0, 0.05) is 6.54 Å². The van der Waals surface area contributed by atoms with Crippen molar-refractivity contribution < 1.29 is 0 Å². The molecule has 0 aliphatic carbocycles. The van der Waals surface area contributed by atoms with Crippen molar-refractivity contribution in [2.75, 3.05) is 7.05 Å². The van der Waals surface area contributed by atoms with Crippen molar-refractivity contribution in [3.63, 3.8) is 0 Å². The fraction of sp³-hybridized carbons (Fsp3) is 0.136. The third-order valence-electron chi connectivity index (χ3n) is 4.19. The highest BCUT2D eigenvalue weighted by atomic mass is 32.2. The van der Waals surface area contributed by atoms with Crippen LogP contribution in [0.4, 0.5) is 0 Å². The summed E-state index contributed by atoms with van der Waals surface area (Å²) in [6.07, 6.45) is 0. The Morgan fingerprint density at radius 3 is 2.50 bits per heavy atom. The molecule has 0 atom stereocenters. The van der Waals surface area contributed by atoms with Gasteiger partial charge in [-0.15, -0.1) is 11.3 Å². The van der Waals surface area contributed by atoms with Crippen molar-refractivity contribution in [1.82, 2.24) is 9.29 Å². The van der Waals surface area contributed by atoms with E-state index in [0.717, 1.165) is 16.4 Å². The average Bonchev–Trinajstić information content (AvgIpc) is 3.04. The van der Waals surface area contributed by atoms with E-state index in [1.165, 1.54) is 27.0 Å². The molecule has 2 nitrogen and oxygen atoms in total. The predicted octanol–water partition coefficient (Wildman–Crippen LogP) is 6.41. The number of para-hydroxylation sites is 1. The number of aryl methyl sites for hydroxylation is 1. The second-order valence-corrected chi connectivity index (χ2v) is 8.88. The lowest BCUT2D eigenvalue weighted by Gasteiger charge is -2.14. The average molecular weight is 377 g/mol. The van der Waals surface area contributed by atoms with E-state index in [4.69, 9.17) is 4.98 Å². The first kappa shape index (κ1) is 17.3. The number of benzene rings is 3. The van der Waals surface area contributed by atoms with Gasteiger partial charge in [-0.1, -0.05) is 60.2 Å². The molecule has 0 unspecified atom stereocenters. The summed E-state index contributed by atoms with van der Waals surface area (Å²) in [5.74, 6) is 0. The summed E-state index contributed by atoms with van der Waals surface area (Å²) in [5, 5.41) is 0. The summed E-state index contributed by atoms with van der Waals surface area (Å²) in [4.78, 5) is 4.71. The fourth-order valence-corrected chi connectivity index (χ4v) is 5.10. The van der Waals surface area contributed by atoms with Crippen molar-refractivity contribution in [2.24, 2.45) is 0 Å². The van der Waals surface area contributed by atoms with Gasteiger partial charge < -0.3 is 0 Å². The normalized spacial score (nSPS) is 11.3. The van der Waals surface area contributed by atoms with Crippen LogP contribution in [0.3, 0.4) is 0 Å². The van der Waals surface area contributed by atoms with E-state index < -0.39 is 0 Å². The predicted molar refractivity (Wildman–Crippen MR) is 114 cm³/mol. The topological polar surface area (TPSA) is 16.1 Å². The minimum Gasteiger partial charge on any atom is -0.243 e. The van der Waals surface area contributed by atoms with Crippen LogP contribution in [0.2, 0.25) is 0 Å². The molecule has 0 spiro atoms. The van der Waals surface area contributed by atoms with Gasteiger partial charge >= 0.3 is 0 Å². The summed E-state index contributed by atoms with van der Waals surface area (Å²) in [7, 11) is 2.12. The number of rotatable bonds is 5. The molecule has 0 radical (unpaired) electrons. The quantitative estimate of drug-likeness (QED) is 0.374. The molecular weight excluding hydrogens is 356 g/mol. The summed E-state index contributed by atoms with van der Waals surface area (Å²) >= 11 is 3.46. The Balaban J connectivity index is 1.49. The number of hydrogen-bond acceptors (Lipinski definition) is 4. The van der Waals surface area contributed by atoms with Gasteiger partial charge in [-0.2, -0.15) is 0 Å². The molecule has 4 aromatic rings. The molecular formula is C22H20N2S2. The molecule has 0 saturated carbocycles. The van der Waals surface area contributed by atoms with E-state index in [0.29, 0.717) is 0 Å². The summed E-state index contributed by atoms with van der Waals surface area (Å²) in [6.45, 7) is 3.01. The highest BCUT2D eigenvalue weighted by molar-refractivity contribution is 7.98. The maximum Gasteiger partial charge on any atom is 0.166 e. The zero-order valence-electron chi connectivity index (χ0n) is 14.8. The summed E-state index contributed by atoms with van der Waals surface area (Å²) in [6, 6.07) is 25.8. The highest BCUT2D eigenvalue weighted by Gasteiger charge is 2.09. The molecule has 0 aliphatic heterocycles. The van der Waals surface area contributed by atoms with E-state index in [1.54, 1.807) is 23.3 Å². The Morgan fingerprint density at radius 1 is 0.923 bits per heavy atom. The molecule has 4 rings (SSSR count). The molecule has 3 aromatic carbocycles. The van der Waals surface area contributed by atoms with Crippen molar-refractivity contribution in [3.8, 4) is 11.1 Å². The van der Waals surface area contributed by atoms with E-state index in [2.05, 4.69) is 85.0 Å². The number of nitrogens with zero attached hydrogens (tertiary/aromatic N) is 2. The molecule has 0 bridgehead atoms. The van der Waals surface area contributed by atoms with Gasteiger partial charge in [-0.25, -0.2) is 9.29 Å². The van der Waals surface area contributed by atoms with Crippen LogP contribution in [0.1, 0.15) is 11.1 Å². The standard InChI is InChI=1S/C22H20N2S2/c1-16-7-5-9-18(13-16)19-10-6-8-17(14-19)15-24(2)26-22-23-20-11-3-4-12-21(20)25-22/h3-14H,15H2,1-2H3. The van der Waals surface area contributed by atoms with Crippen molar-refractivity contribution >= 4 is 33.5 Å². The molecule has 0 amide bonds. The van der Waals surface area contributed by atoms with Gasteiger partial charge in [-0.05, 0) is 60.8 Å². The lowest BCUT2D eigenvalue weighted by atomic mass is 10.0. The van der Waals surface area contributed by atoms with E-state index >= 15 is 0 Å². The number of thiazole rings is 1. The molecule has 130 valence electrons. The zero-order valence-corrected chi connectivity index (χ0v) is 16.5. The van der Waals surface area contributed by atoms with E-state index in [1.807, 2.05) is 6.07 Å². The van der Waals surface area contributed by atoms with E-state index in [-0.39, 0.29) is 0 Å². The van der Waals surface area contributed by atoms with Crippen LogP contribution >= 0.6 is 23.3 Å². The van der Waals surface area contributed by atoms with Gasteiger partial charge in [0.2, 0.25) is 0 Å². The van der Waals surface area contributed by atoms with Gasteiger partial charge in [0.25, 0.3) is 0 Å². The van der Waals surface area contributed by atoms with Gasteiger partial charge in [0.1, 0.15) is 0 Å². The van der Waals surface area contributed by atoms with Gasteiger partial charge in [0.05, 0.1) is 10.2 Å². The summed E-state index contributed by atoms with van der Waals surface area (Å²) < 4.78 is 4.57. The maximum absolute atomic E-state index is 4.71. The van der Waals surface area contributed by atoms with Crippen LogP contribution in [0, 0.1) is 6.92 Å². The molecule has 4 heteroatoms.